The van der Waals surface area contributed by atoms with Crippen molar-refractivity contribution >= 4 is 77.9 Å². The van der Waals surface area contributed by atoms with Gasteiger partial charge in [-0.25, -0.2) is 0 Å². The third-order valence-corrected chi connectivity index (χ3v) is 0.552. The summed E-state index contributed by atoms with van der Waals surface area (Å²) in [6.07, 6.45) is 0. The van der Waals surface area contributed by atoms with Crippen LogP contribution in [0.25, 0.3) is 0 Å². The Hall–Kier alpha value is 1.17. The second-order valence-electron chi connectivity index (χ2n) is 1.95. The zero-order chi connectivity index (χ0) is 13.6. The van der Waals surface area contributed by atoms with Gasteiger partial charge in [-0.2, -0.15) is 0 Å². The van der Waals surface area contributed by atoms with Crippen molar-refractivity contribution in [2.45, 2.75) is 0 Å². The van der Waals surface area contributed by atoms with Gasteiger partial charge in [0, 0.05) is 0 Å². The van der Waals surface area contributed by atoms with Crippen molar-refractivity contribution in [3.63, 3.8) is 0 Å². The Morgan fingerprint density at radius 1 is 0.647 bits per heavy atom. The van der Waals surface area contributed by atoms with Crippen LogP contribution in [-0.4, -0.2) is 98.0 Å². The van der Waals surface area contributed by atoms with Crippen molar-refractivity contribution in [3.05, 3.63) is 0 Å². The van der Waals surface area contributed by atoms with Crippen molar-refractivity contribution < 1.29 is 55.1 Å². The zero-order valence-corrected chi connectivity index (χ0v) is 12.3. The SMILES string of the molecule is OB(O)O[B-](F)(F)F.OB(O)O[B-](F)(F)F.[Ba+2]. The van der Waals surface area contributed by atoms with Crippen LogP contribution in [0.2, 0.25) is 0 Å². The largest absolute Gasteiger partial charge is 2.00 e. The Morgan fingerprint density at radius 2 is 0.824 bits per heavy atom. The van der Waals surface area contributed by atoms with Gasteiger partial charge >= 0.3 is 77.9 Å². The molecule has 0 aliphatic heterocycles. The van der Waals surface area contributed by atoms with Crippen molar-refractivity contribution in [2.24, 2.45) is 0 Å². The first-order chi connectivity index (χ1) is 6.83. The molecule has 0 aromatic carbocycles. The van der Waals surface area contributed by atoms with Gasteiger partial charge in [0.1, 0.15) is 0 Å². The van der Waals surface area contributed by atoms with Crippen LogP contribution in [0.15, 0.2) is 0 Å². The van der Waals surface area contributed by atoms with Crippen molar-refractivity contribution in [1.82, 2.24) is 0 Å². The summed E-state index contributed by atoms with van der Waals surface area (Å²) in [6.45, 7) is 0. The summed E-state index contributed by atoms with van der Waals surface area (Å²) in [5, 5.41) is 30.1. The molecule has 17 heteroatoms. The van der Waals surface area contributed by atoms with Crippen molar-refractivity contribution in [2.75, 3.05) is 0 Å². The summed E-state index contributed by atoms with van der Waals surface area (Å²) in [6, 6.07) is 0. The topological polar surface area (TPSA) is 99.4 Å². The molecule has 0 spiro atoms. The second-order valence-corrected chi connectivity index (χ2v) is 1.95. The van der Waals surface area contributed by atoms with Gasteiger partial charge in [0.2, 0.25) is 0 Å². The first kappa shape index (κ1) is 23.3. The molecular weight excluding hydrogens is 391 g/mol. The predicted octanol–water partition coefficient (Wildman–Crippen LogP) is -1.75. The Bertz CT molecular complexity index is 160. The van der Waals surface area contributed by atoms with Crippen molar-refractivity contribution in [3.8, 4) is 0 Å². The molecule has 0 radical (unpaired) electrons. The average Bonchev–Trinajstić information content (AvgIpc) is 1.72. The summed E-state index contributed by atoms with van der Waals surface area (Å²) in [4.78, 5) is 0. The van der Waals surface area contributed by atoms with Crippen molar-refractivity contribution in [1.29, 1.82) is 0 Å². The number of rotatable bonds is 4. The molecule has 0 aliphatic carbocycles. The minimum absolute atomic E-state index is 0. The molecule has 0 bridgehead atoms. The molecular formula is H4B4BaF6O6. The number of hydrogen-bond donors (Lipinski definition) is 4. The molecule has 0 fully saturated rings. The standard InChI is InChI=1S/2B2F3H2O3.Ba/c2*3-2(4,5)8-1(6)7;/h2*6-7H;/q2*-1;+2. The van der Waals surface area contributed by atoms with Gasteiger partial charge in [0.25, 0.3) is 0 Å². The van der Waals surface area contributed by atoms with Crippen LogP contribution in [0.1, 0.15) is 0 Å². The monoisotopic (exact) mass is 396 g/mol. The first-order valence-corrected chi connectivity index (χ1v) is 3.28. The number of hydrogen-bond acceptors (Lipinski definition) is 6. The summed E-state index contributed by atoms with van der Waals surface area (Å²) in [5.74, 6) is 0. The molecule has 0 aromatic rings. The van der Waals surface area contributed by atoms with E-state index >= 15 is 0 Å². The van der Waals surface area contributed by atoms with Crippen LogP contribution in [0.5, 0.6) is 0 Å². The smallest absolute Gasteiger partial charge is 0.526 e. The van der Waals surface area contributed by atoms with E-state index in [1.54, 1.807) is 0 Å². The van der Waals surface area contributed by atoms with Crippen LogP contribution in [0, 0.1) is 0 Å². The van der Waals surface area contributed by atoms with Gasteiger partial charge in [0.15, 0.2) is 0 Å². The van der Waals surface area contributed by atoms with Crippen LogP contribution < -0.4 is 0 Å². The van der Waals surface area contributed by atoms with E-state index < -0.39 is 29.0 Å². The van der Waals surface area contributed by atoms with Crippen LogP contribution in [0.4, 0.5) is 25.9 Å². The summed E-state index contributed by atoms with van der Waals surface area (Å²) >= 11 is 0. The van der Waals surface area contributed by atoms with Gasteiger partial charge in [-0.15, -0.1) is 0 Å². The molecule has 0 aliphatic rings. The van der Waals surface area contributed by atoms with Gasteiger partial charge in [0.05, 0.1) is 0 Å². The van der Waals surface area contributed by atoms with E-state index in [4.69, 9.17) is 20.1 Å². The maximum Gasteiger partial charge on any atom is 2.00 e. The zero-order valence-electron chi connectivity index (χ0n) is 7.89. The fraction of sp³-hybridized carbons (Fsp3) is 0. The van der Waals surface area contributed by atoms with Crippen LogP contribution in [0.3, 0.4) is 0 Å². The normalized spacial score (nSPS) is 10.9. The molecule has 96 valence electrons. The summed E-state index contributed by atoms with van der Waals surface area (Å²) in [7, 11) is -16.6. The molecule has 0 saturated carbocycles. The van der Waals surface area contributed by atoms with E-state index in [9.17, 15) is 25.9 Å². The molecule has 0 amide bonds. The third-order valence-electron chi connectivity index (χ3n) is 0.552. The maximum absolute atomic E-state index is 10.8. The van der Waals surface area contributed by atoms with E-state index in [2.05, 4.69) is 9.14 Å². The Balaban J connectivity index is -0.000000218. The van der Waals surface area contributed by atoms with E-state index in [0.717, 1.165) is 0 Å². The molecule has 4 N–H and O–H groups in total. The Morgan fingerprint density at radius 3 is 0.824 bits per heavy atom. The molecule has 6 nitrogen and oxygen atoms in total. The second kappa shape index (κ2) is 10.0. The third kappa shape index (κ3) is 31.7. The van der Waals surface area contributed by atoms with Gasteiger partial charge < -0.3 is 55.1 Å². The summed E-state index contributed by atoms with van der Waals surface area (Å²) in [5.41, 5.74) is 0. The van der Waals surface area contributed by atoms with Gasteiger partial charge in [-0.1, -0.05) is 0 Å². The molecule has 0 heterocycles. The fourth-order valence-electron chi connectivity index (χ4n) is 0.276. The Kier molecular flexibility index (Phi) is 13.7. The average molecular weight is 395 g/mol. The predicted molar refractivity (Wildman–Crippen MR) is 46.5 cm³/mol. The fourth-order valence-corrected chi connectivity index (χ4v) is 0.276. The van der Waals surface area contributed by atoms with Gasteiger partial charge in [-0.3, -0.25) is 0 Å². The number of halogens is 6. The molecule has 0 aromatic heterocycles. The van der Waals surface area contributed by atoms with E-state index in [0.29, 0.717) is 0 Å². The maximum atomic E-state index is 10.8. The quantitative estimate of drug-likeness (QED) is 0.334. The summed E-state index contributed by atoms with van der Waals surface area (Å²) < 4.78 is 70.2. The van der Waals surface area contributed by atoms with Crippen LogP contribution >= 0.6 is 0 Å². The first-order valence-electron chi connectivity index (χ1n) is 3.28. The van der Waals surface area contributed by atoms with E-state index in [-0.39, 0.29) is 48.9 Å². The minimum atomic E-state index is -5.54. The minimum Gasteiger partial charge on any atom is -0.526 e. The molecule has 17 heavy (non-hydrogen) atoms. The van der Waals surface area contributed by atoms with E-state index in [1.807, 2.05) is 0 Å². The molecule has 0 saturated heterocycles. The molecule has 0 unspecified atom stereocenters. The molecule has 0 rings (SSSR count). The van der Waals surface area contributed by atoms with Crippen LogP contribution in [-0.2, 0) is 9.14 Å². The molecule has 0 atom stereocenters. The van der Waals surface area contributed by atoms with Gasteiger partial charge in [-0.05, 0) is 0 Å². The van der Waals surface area contributed by atoms with E-state index in [1.165, 1.54) is 0 Å². The Labute approximate surface area is 132 Å².